The van der Waals surface area contributed by atoms with Gasteiger partial charge in [-0.3, -0.25) is 9.69 Å². The van der Waals surface area contributed by atoms with E-state index in [2.05, 4.69) is 22.4 Å². The fourth-order valence-corrected chi connectivity index (χ4v) is 4.77. The summed E-state index contributed by atoms with van der Waals surface area (Å²) in [7, 11) is 0. The number of likely N-dealkylation sites (tertiary alicyclic amines) is 1. The van der Waals surface area contributed by atoms with Gasteiger partial charge in [-0.2, -0.15) is 0 Å². The molecule has 0 aliphatic carbocycles. The topological polar surface area (TPSA) is 90.0 Å². The number of hydrogen-bond acceptors (Lipinski definition) is 6. The Morgan fingerprint density at radius 1 is 1.05 bits per heavy atom. The molecule has 38 heavy (non-hydrogen) atoms. The molecule has 2 aromatic carbocycles. The van der Waals surface area contributed by atoms with Crippen molar-refractivity contribution >= 4 is 17.7 Å². The molecule has 1 saturated heterocycles. The summed E-state index contributed by atoms with van der Waals surface area (Å²) < 4.78 is 17.6. The summed E-state index contributed by atoms with van der Waals surface area (Å²) in [5, 5.41) is 2.86. The molecule has 1 aromatic heterocycles. The van der Waals surface area contributed by atoms with Crippen molar-refractivity contribution in [2.45, 2.75) is 64.2 Å². The molecule has 0 saturated carbocycles. The van der Waals surface area contributed by atoms with Crippen LogP contribution in [0.3, 0.4) is 0 Å². The Hall–Kier alpha value is -4.07. The summed E-state index contributed by atoms with van der Waals surface area (Å²) in [6, 6.07) is 18.9. The molecule has 5 rings (SSSR count). The lowest BCUT2D eigenvalue weighted by Crippen LogP contribution is -2.45. The maximum absolute atomic E-state index is 12.9. The second kappa shape index (κ2) is 10.7. The van der Waals surface area contributed by atoms with Crippen LogP contribution in [0.1, 0.15) is 57.3 Å². The highest BCUT2D eigenvalue weighted by atomic mass is 16.6. The van der Waals surface area contributed by atoms with Gasteiger partial charge in [0.05, 0.1) is 11.9 Å². The Labute approximate surface area is 222 Å². The van der Waals surface area contributed by atoms with Crippen molar-refractivity contribution in [2.24, 2.45) is 0 Å². The van der Waals surface area contributed by atoms with Crippen LogP contribution in [0.5, 0.6) is 17.4 Å². The molecular weight excluding hydrogens is 482 g/mol. The van der Waals surface area contributed by atoms with Crippen LogP contribution < -0.4 is 14.8 Å². The molecule has 0 bridgehead atoms. The Bertz CT molecular complexity index is 1290. The van der Waals surface area contributed by atoms with Crippen molar-refractivity contribution in [3.05, 3.63) is 78.0 Å². The average Bonchev–Trinajstić information content (AvgIpc) is 3.40. The summed E-state index contributed by atoms with van der Waals surface area (Å²) in [4.78, 5) is 31.2. The van der Waals surface area contributed by atoms with Crippen LogP contribution >= 0.6 is 0 Å². The van der Waals surface area contributed by atoms with Gasteiger partial charge in [-0.1, -0.05) is 30.3 Å². The molecule has 198 valence electrons. The minimum absolute atomic E-state index is 0.0559. The molecular formula is C30H33N3O5. The number of carbonyl (C=O) groups excluding carboxylic acids is 2. The van der Waals surface area contributed by atoms with Crippen molar-refractivity contribution in [1.29, 1.82) is 0 Å². The van der Waals surface area contributed by atoms with E-state index >= 15 is 0 Å². The number of aryl methyl sites for hydroxylation is 1. The summed E-state index contributed by atoms with van der Waals surface area (Å²) in [6.45, 7) is 5.93. The number of nitrogens with zero attached hydrogens (tertiary/aromatic N) is 2. The van der Waals surface area contributed by atoms with Crippen LogP contribution in [0.15, 0.2) is 66.9 Å². The minimum Gasteiger partial charge on any atom is -0.485 e. The predicted molar refractivity (Wildman–Crippen MR) is 143 cm³/mol. The highest BCUT2D eigenvalue weighted by molar-refractivity contribution is 5.96. The largest absolute Gasteiger partial charge is 0.485 e. The van der Waals surface area contributed by atoms with Gasteiger partial charge in [0.15, 0.2) is 0 Å². The van der Waals surface area contributed by atoms with E-state index in [1.54, 1.807) is 18.3 Å². The summed E-state index contributed by atoms with van der Waals surface area (Å²) in [5.41, 5.74) is 2.20. The number of nitrogens with one attached hydrogen (secondary N) is 1. The van der Waals surface area contributed by atoms with Crippen LogP contribution in [0, 0.1) is 0 Å². The van der Waals surface area contributed by atoms with Gasteiger partial charge in [-0.25, -0.2) is 9.78 Å². The number of anilines is 1. The molecule has 1 fully saturated rings. The Morgan fingerprint density at radius 2 is 1.87 bits per heavy atom. The first-order chi connectivity index (χ1) is 18.2. The zero-order chi connectivity index (χ0) is 26.7. The molecule has 8 nitrogen and oxygen atoms in total. The van der Waals surface area contributed by atoms with Crippen LogP contribution in [0.25, 0.3) is 0 Å². The zero-order valence-corrected chi connectivity index (χ0v) is 22.0. The standard InChI is InChI=1S/C30H33N3O5/c1-30(2,3)38-29(35)33-17-7-10-24(33)28(34)32-22-12-16-27(31-19-22)36-23-13-15-26-21(18-23)11-14-25(37-26)20-8-5-4-6-9-20/h4-6,8-9,12-13,15-16,18-19,24-25H,7,10-11,14,17H2,1-3H3,(H,32,34)/t24?,25-/m1/s1. The molecule has 2 aliphatic heterocycles. The lowest BCUT2D eigenvalue weighted by molar-refractivity contribution is -0.120. The fourth-order valence-electron chi connectivity index (χ4n) is 4.77. The fraction of sp³-hybridized carbons (Fsp3) is 0.367. The summed E-state index contributed by atoms with van der Waals surface area (Å²) in [6.07, 6.45) is 4.27. The molecule has 1 unspecified atom stereocenters. The third kappa shape index (κ3) is 6.07. The first kappa shape index (κ1) is 25.6. The van der Waals surface area contributed by atoms with Crippen LogP contribution in [0.2, 0.25) is 0 Å². The maximum atomic E-state index is 12.9. The van der Waals surface area contributed by atoms with Crippen LogP contribution in [0.4, 0.5) is 10.5 Å². The summed E-state index contributed by atoms with van der Waals surface area (Å²) in [5.74, 6) is 1.70. The second-order valence-corrected chi connectivity index (χ2v) is 10.6. The lowest BCUT2D eigenvalue weighted by atomic mass is 9.97. The molecule has 0 spiro atoms. The van der Waals surface area contributed by atoms with Gasteiger partial charge in [0.25, 0.3) is 0 Å². The zero-order valence-electron chi connectivity index (χ0n) is 22.0. The molecule has 0 radical (unpaired) electrons. The number of hydrogen-bond donors (Lipinski definition) is 1. The predicted octanol–water partition coefficient (Wildman–Crippen LogP) is 6.28. The monoisotopic (exact) mass is 515 g/mol. The first-order valence-electron chi connectivity index (χ1n) is 13.0. The van der Waals surface area contributed by atoms with Gasteiger partial charge in [-0.15, -0.1) is 0 Å². The second-order valence-electron chi connectivity index (χ2n) is 10.6. The third-order valence-corrected chi connectivity index (χ3v) is 6.56. The van der Waals surface area contributed by atoms with Gasteiger partial charge >= 0.3 is 6.09 Å². The van der Waals surface area contributed by atoms with Crippen molar-refractivity contribution < 1.29 is 23.8 Å². The molecule has 3 heterocycles. The molecule has 2 atom stereocenters. The molecule has 3 aromatic rings. The van der Waals surface area contributed by atoms with Gasteiger partial charge < -0.3 is 19.5 Å². The number of amides is 2. The van der Waals surface area contributed by atoms with Crippen molar-refractivity contribution in [2.75, 3.05) is 11.9 Å². The number of fused-ring (bicyclic) bond motifs is 1. The smallest absolute Gasteiger partial charge is 0.410 e. The highest BCUT2D eigenvalue weighted by Crippen LogP contribution is 2.37. The number of rotatable bonds is 5. The third-order valence-electron chi connectivity index (χ3n) is 6.56. The van der Waals surface area contributed by atoms with Gasteiger partial charge in [0.2, 0.25) is 11.8 Å². The van der Waals surface area contributed by atoms with Crippen molar-refractivity contribution in [3.63, 3.8) is 0 Å². The Balaban J connectivity index is 1.18. The van der Waals surface area contributed by atoms with Gasteiger partial charge in [0, 0.05) is 12.6 Å². The van der Waals surface area contributed by atoms with Crippen molar-refractivity contribution in [1.82, 2.24) is 9.88 Å². The minimum atomic E-state index is -0.615. The molecule has 8 heteroatoms. The summed E-state index contributed by atoms with van der Waals surface area (Å²) >= 11 is 0. The van der Waals surface area contributed by atoms with E-state index in [1.807, 2.05) is 57.2 Å². The van der Waals surface area contributed by atoms with Crippen molar-refractivity contribution in [3.8, 4) is 17.4 Å². The molecule has 2 amide bonds. The van der Waals surface area contributed by atoms with E-state index in [1.165, 1.54) is 10.5 Å². The van der Waals surface area contributed by atoms with Gasteiger partial charge in [0.1, 0.15) is 29.2 Å². The normalized spacial score (nSPS) is 18.8. The van der Waals surface area contributed by atoms with E-state index in [4.69, 9.17) is 14.2 Å². The number of carbonyl (C=O) groups is 2. The highest BCUT2D eigenvalue weighted by Gasteiger charge is 2.36. The quantitative estimate of drug-likeness (QED) is 0.430. The number of benzene rings is 2. The number of pyridine rings is 1. The van der Waals surface area contributed by atoms with E-state index in [9.17, 15) is 9.59 Å². The van der Waals surface area contributed by atoms with Gasteiger partial charge in [-0.05, 0) is 81.8 Å². The molecule has 1 N–H and O–H groups in total. The number of ether oxygens (including phenoxy) is 3. The first-order valence-corrected chi connectivity index (χ1v) is 13.0. The Kier molecular flexibility index (Phi) is 7.22. The average molecular weight is 516 g/mol. The van der Waals surface area contributed by atoms with Crippen LogP contribution in [-0.2, 0) is 16.0 Å². The maximum Gasteiger partial charge on any atom is 0.410 e. The van der Waals surface area contributed by atoms with Crippen LogP contribution in [-0.4, -0.2) is 40.1 Å². The molecule has 2 aliphatic rings. The van der Waals surface area contributed by atoms with E-state index < -0.39 is 17.7 Å². The Morgan fingerprint density at radius 3 is 2.61 bits per heavy atom. The van der Waals surface area contributed by atoms with E-state index in [0.29, 0.717) is 30.3 Å². The van der Waals surface area contributed by atoms with E-state index in [0.717, 1.165) is 30.6 Å². The number of aromatic nitrogens is 1. The lowest BCUT2D eigenvalue weighted by Gasteiger charge is -2.28. The SMILES string of the molecule is CC(C)(C)OC(=O)N1CCCC1C(=O)Nc1ccc(Oc2ccc3c(c2)CC[C@H](c2ccccc2)O3)nc1. The van der Waals surface area contributed by atoms with E-state index in [-0.39, 0.29) is 12.0 Å².